The fourth-order valence-corrected chi connectivity index (χ4v) is 3.81. The van der Waals surface area contributed by atoms with Gasteiger partial charge in [-0.2, -0.15) is 0 Å². The number of fused-ring (bicyclic) bond motifs is 2. The summed E-state index contributed by atoms with van der Waals surface area (Å²) in [6, 6.07) is 0. The van der Waals surface area contributed by atoms with E-state index >= 15 is 0 Å². The van der Waals surface area contributed by atoms with Crippen LogP contribution in [0, 0.1) is 23.2 Å². The predicted octanol–water partition coefficient (Wildman–Crippen LogP) is 2.45. The molecule has 0 aromatic rings. The van der Waals surface area contributed by atoms with Gasteiger partial charge in [-0.25, -0.2) is 4.79 Å². The van der Waals surface area contributed by atoms with Crippen molar-refractivity contribution in [1.82, 2.24) is 0 Å². The summed E-state index contributed by atoms with van der Waals surface area (Å²) in [6.45, 7) is 8.13. The number of rotatable bonds is 2. The summed E-state index contributed by atoms with van der Waals surface area (Å²) in [7, 11) is 0. The first-order valence-electron chi connectivity index (χ1n) is 6.43. The number of carbonyl (C=O) groups is 1. The van der Waals surface area contributed by atoms with Gasteiger partial charge in [-0.15, -0.1) is 0 Å². The monoisotopic (exact) mass is 238 g/mol. The van der Waals surface area contributed by atoms with E-state index in [2.05, 4.69) is 13.8 Å². The van der Waals surface area contributed by atoms with E-state index in [0.29, 0.717) is 17.4 Å². The Morgan fingerprint density at radius 2 is 2.06 bits per heavy atom. The summed E-state index contributed by atoms with van der Waals surface area (Å²) < 4.78 is 0. The second-order valence-corrected chi connectivity index (χ2v) is 6.18. The van der Waals surface area contributed by atoms with Crippen molar-refractivity contribution in [3.05, 3.63) is 11.1 Å². The summed E-state index contributed by atoms with van der Waals surface area (Å²) >= 11 is 0. The Labute approximate surface area is 103 Å². The van der Waals surface area contributed by atoms with Crippen molar-refractivity contribution in [2.24, 2.45) is 23.2 Å². The lowest BCUT2D eigenvalue weighted by atomic mass is 9.64. The van der Waals surface area contributed by atoms with E-state index < -0.39 is 12.1 Å². The molecule has 1 saturated carbocycles. The molecular weight excluding hydrogens is 216 g/mol. The molecule has 4 unspecified atom stereocenters. The van der Waals surface area contributed by atoms with E-state index in [1.165, 1.54) is 0 Å². The number of carboxylic acid groups (broad SMARTS) is 1. The predicted molar refractivity (Wildman–Crippen MR) is 65.5 cm³/mol. The molecule has 0 saturated heterocycles. The van der Waals surface area contributed by atoms with Crippen LogP contribution in [-0.2, 0) is 4.79 Å². The maximum atomic E-state index is 11.4. The minimum absolute atomic E-state index is 0.175. The van der Waals surface area contributed by atoms with Crippen molar-refractivity contribution < 1.29 is 15.0 Å². The lowest BCUT2D eigenvalue weighted by molar-refractivity contribution is -0.134. The van der Waals surface area contributed by atoms with Crippen molar-refractivity contribution in [1.29, 1.82) is 0 Å². The maximum absolute atomic E-state index is 11.4. The molecule has 1 fully saturated rings. The van der Waals surface area contributed by atoms with Crippen LogP contribution >= 0.6 is 0 Å². The summed E-state index contributed by atoms with van der Waals surface area (Å²) in [5.41, 5.74) is 1.06. The summed E-state index contributed by atoms with van der Waals surface area (Å²) in [5.74, 6) is -0.310. The van der Waals surface area contributed by atoms with E-state index in [4.69, 9.17) is 0 Å². The van der Waals surface area contributed by atoms with Gasteiger partial charge in [-0.1, -0.05) is 26.3 Å². The minimum Gasteiger partial charge on any atom is -0.478 e. The molecule has 0 amide bonds. The van der Waals surface area contributed by atoms with Crippen molar-refractivity contribution in [3.8, 4) is 0 Å². The number of aliphatic hydroxyl groups excluding tert-OH is 1. The second-order valence-electron chi connectivity index (χ2n) is 6.18. The maximum Gasteiger partial charge on any atom is 0.331 e. The minimum atomic E-state index is -0.845. The smallest absolute Gasteiger partial charge is 0.331 e. The van der Waals surface area contributed by atoms with E-state index in [-0.39, 0.29) is 11.3 Å². The van der Waals surface area contributed by atoms with E-state index in [1.807, 2.05) is 13.8 Å². The number of hydrogen-bond acceptors (Lipinski definition) is 2. The molecule has 3 heteroatoms. The van der Waals surface area contributed by atoms with Crippen LogP contribution in [0.1, 0.15) is 40.5 Å². The first-order valence-corrected chi connectivity index (χ1v) is 6.43. The van der Waals surface area contributed by atoms with Gasteiger partial charge >= 0.3 is 5.97 Å². The van der Waals surface area contributed by atoms with Gasteiger partial charge in [0, 0.05) is 16.9 Å². The van der Waals surface area contributed by atoms with Gasteiger partial charge in [-0.05, 0) is 31.6 Å². The van der Waals surface area contributed by atoms with Gasteiger partial charge in [0.1, 0.15) is 0 Å². The highest BCUT2D eigenvalue weighted by Crippen LogP contribution is 2.57. The molecule has 0 aromatic carbocycles. The number of aliphatic carboxylic acids is 1. The SMILES string of the molecule is CC1=C(C(=O)O)C2C(C(C)C)CCC1(C)C2O. The molecule has 2 aliphatic carbocycles. The topological polar surface area (TPSA) is 57.5 Å². The Morgan fingerprint density at radius 3 is 2.53 bits per heavy atom. The Bertz CT molecular complexity index is 383. The molecule has 4 atom stereocenters. The zero-order valence-corrected chi connectivity index (χ0v) is 11.0. The highest BCUT2D eigenvalue weighted by atomic mass is 16.4. The highest BCUT2D eigenvalue weighted by molar-refractivity contribution is 5.89. The lowest BCUT2D eigenvalue weighted by Gasteiger charge is -2.42. The first-order chi connectivity index (χ1) is 7.80. The highest BCUT2D eigenvalue weighted by Gasteiger charge is 2.56. The third kappa shape index (κ3) is 1.55. The zero-order valence-electron chi connectivity index (χ0n) is 11.0. The third-order valence-corrected chi connectivity index (χ3v) is 5.13. The molecule has 0 spiro atoms. The van der Waals surface area contributed by atoms with Crippen LogP contribution in [0.2, 0.25) is 0 Å². The molecule has 0 heterocycles. The van der Waals surface area contributed by atoms with Crippen LogP contribution in [0.5, 0.6) is 0 Å². The fraction of sp³-hybridized carbons (Fsp3) is 0.786. The van der Waals surface area contributed by atoms with Crippen LogP contribution < -0.4 is 0 Å². The molecule has 0 aromatic heterocycles. The zero-order chi connectivity index (χ0) is 13.0. The normalized spacial score (nSPS) is 41.2. The third-order valence-electron chi connectivity index (χ3n) is 5.13. The van der Waals surface area contributed by atoms with Crippen molar-refractivity contribution in [2.45, 2.75) is 46.6 Å². The largest absolute Gasteiger partial charge is 0.478 e. The van der Waals surface area contributed by atoms with Crippen molar-refractivity contribution in [3.63, 3.8) is 0 Å². The van der Waals surface area contributed by atoms with Crippen LogP contribution in [0.25, 0.3) is 0 Å². The molecule has 96 valence electrons. The average Bonchev–Trinajstić information content (AvgIpc) is 2.36. The van der Waals surface area contributed by atoms with Crippen LogP contribution in [0.15, 0.2) is 11.1 Å². The first kappa shape index (κ1) is 12.6. The molecule has 3 nitrogen and oxygen atoms in total. The quantitative estimate of drug-likeness (QED) is 0.777. The van der Waals surface area contributed by atoms with Crippen LogP contribution in [0.3, 0.4) is 0 Å². The van der Waals surface area contributed by atoms with Gasteiger partial charge in [0.05, 0.1) is 6.10 Å². The van der Waals surface area contributed by atoms with Crippen molar-refractivity contribution in [2.75, 3.05) is 0 Å². The lowest BCUT2D eigenvalue weighted by Crippen LogP contribution is -2.43. The van der Waals surface area contributed by atoms with E-state index in [1.54, 1.807) is 0 Å². The molecule has 0 aliphatic heterocycles. The van der Waals surface area contributed by atoms with Gasteiger partial charge in [-0.3, -0.25) is 0 Å². The molecule has 0 radical (unpaired) electrons. The van der Waals surface area contributed by atoms with Crippen molar-refractivity contribution >= 4 is 5.97 Å². The standard InChI is InChI=1S/C14H22O3/c1-7(2)9-5-6-14(4)8(3)10(13(16)17)11(9)12(14)15/h7,9,11-12,15H,5-6H2,1-4H3,(H,16,17). The van der Waals surface area contributed by atoms with Gasteiger partial charge in [0.15, 0.2) is 0 Å². The second kappa shape index (κ2) is 3.84. The Balaban J connectivity index is 2.50. The van der Waals surface area contributed by atoms with Gasteiger partial charge < -0.3 is 10.2 Å². The number of carboxylic acids is 1. The van der Waals surface area contributed by atoms with E-state index in [9.17, 15) is 15.0 Å². The Morgan fingerprint density at radius 1 is 1.47 bits per heavy atom. The summed E-state index contributed by atoms with van der Waals surface area (Å²) in [4.78, 5) is 11.4. The van der Waals surface area contributed by atoms with Crippen LogP contribution in [-0.4, -0.2) is 22.3 Å². The number of hydrogen-bond donors (Lipinski definition) is 2. The number of aliphatic hydroxyl groups is 1. The molecular formula is C14H22O3. The molecule has 2 bridgehead atoms. The van der Waals surface area contributed by atoms with Gasteiger partial charge in [0.25, 0.3) is 0 Å². The molecule has 2 rings (SSSR count). The molecule has 17 heavy (non-hydrogen) atoms. The van der Waals surface area contributed by atoms with Gasteiger partial charge in [0.2, 0.25) is 0 Å². The Hall–Kier alpha value is -0.830. The fourth-order valence-electron chi connectivity index (χ4n) is 3.81. The summed E-state index contributed by atoms with van der Waals surface area (Å²) in [5, 5.41) is 19.9. The molecule has 2 aliphatic rings. The average molecular weight is 238 g/mol. The summed E-state index contributed by atoms with van der Waals surface area (Å²) in [6.07, 6.45) is 1.40. The Kier molecular flexibility index (Phi) is 2.85. The molecule has 2 N–H and O–H groups in total. The van der Waals surface area contributed by atoms with Crippen LogP contribution in [0.4, 0.5) is 0 Å². The van der Waals surface area contributed by atoms with E-state index in [0.717, 1.165) is 18.4 Å².